The number of rotatable bonds is 3. The van der Waals surface area contributed by atoms with Gasteiger partial charge in [0.05, 0.1) is 5.69 Å². The zero-order chi connectivity index (χ0) is 21.4. The molecule has 1 aliphatic rings. The topological polar surface area (TPSA) is 79.6 Å². The van der Waals surface area contributed by atoms with Gasteiger partial charge in [0.15, 0.2) is 0 Å². The maximum absolute atomic E-state index is 13.1. The summed E-state index contributed by atoms with van der Waals surface area (Å²) in [6, 6.07) is 13.5. The molecule has 0 spiro atoms. The maximum atomic E-state index is 13.1. The van der Waals surface area contributed by atoms with Crippen LogP contribution in [0.3, 0.4) is 0 Å². The molecule has 1 saturated heterocycles. The number of hydrogen-bond acceptors (Lipinski definition) is 4. The van der Waals surface area contributed by atoms with E-state index in [4.69, 9.17) is 4.42 Å². The van der Waals surface area contributed by atoms with E-state index in [1.165, 1.54) is 18.2 Å². The Labute approximate surface area is 171 Å². The average molecular weight is 404 g/mol. The van der Waals surface area contributed by atoms with Gasteiger partial charge in [-0.1, -0.05) is 6.07 Å². The number of aryl methyl sites for hydroxylation is 2. The fourth-order valence-electron chi connectivity index (χ4n) is 3.31. The molecule has 0 radical (unpaired) electrons. The first-order valence-corrected chi connectivity index (χ1v) is 9.17. The van der Waals surface area contributed by atoms with Crippen LogP contribution in [-0.2, 0) is 9.59 Å². The van der Waals surface area contributed by atoms with Crippen LogP contribution in [0, 0.1) is 19.7 Å². The van der Waals surface area contributed by atoms with E-state index in [2.05, 4.69) is 5.32 Å². The van der Waals surface area contributed by atoms with Gasteiger partial charge in [0.2, 0.25) is 0 Å². The number of furan rings is 1. The molecule has 0 saturated carbocycles. The van der Waals surface area contributed by atoms with Crippen molar-refractivity contribution in [3.63, 3.8) is 0 Å². The Kier molecular flexibility index (Phi) is 4.79. The highest BCUT2D eigenvalue weighted by atomic mass is 19.1. The maximum Gasteiger partial charge on any atom is 0.335 e. The molecule has 3 aromatic rings. The van der Waals surface area contributed by atoms with Crippen LogP contribution in [0.4, 0.5) is 14.9 Å². The van der Waals surface area contributed by atoms with Crippen molar-refractivity contribution in [1.29, 1.82) is 0 Å². The lowest BCUT2D eigenvalue weighted by atomic mass is 10.1. The van der Waals surface area contributed by atoms with E-state index >= 15 is 0 Å². The number of halogens is 1. The molecule has 0 aliphatic carbocycles. The molecule has 0 atom stereocenters. The third-order valence-electron chi connectivity index (χ3n) is 4.61. The molecule has 1 fully saturated rings. The van der Waals surface area contributed by atoms with Gasteiger partial charge in [-0.15, -0.1) is 0 Å². The van der Waals surface area contributed by atoms with Gasteiger partial charge in [-0.3, -0.25) is 14.9 Å². The summed E-state index contributed by atoms with van der Waals surface area (Å²) >= 11 is 0. The SMILES string of the molecule is Cc1cc(C)cc(N2C(=O)NC(=O)/C(=C\c3ccc(-c4ccc(F)cc4)o3)C2=O)c1. The van der Waals surface area contributed by atoms with Crippen LogP contribution in [0.5, 0.6) is 0 Å². The van der Waals surface area contributed by atoms with Gasteiger partial charge in [-0.05, 0) is 79.6 Å². The molecule has 7 heteroatoms. The van der Waals surface area contributed by atoms with Crippen molar-refractivity contribution in [3.8, 4) is 11.3 Å². The lowest BCUT2D eigenvalue weighted by molar-refractivity contribution is -0.122. The molecule has 4 rings (SSSR count). The normalized spacial score (nSPS) is 15.6. The first-order chi connectivity index (χ1) is 14.3. The monoisotopic (exact) mass is 404 g/mol. The summed E-state index contributed by atoms with van der Waals surface area (Å²) in [5.41, 5.74) is 2.55. The summed E-state index contributed by atoms with van der Waals surface area (Å²) in [5, 5.41) is 2.19. The molecule has 2 heterocycles. The molecule has 1 aromatic heterocycles. The van der Waals surface area contributed by atoms with Crippen molar-refractivity contribution >= 4 is 29.6 Å². The number of nitrogens with zero attached hydrogens (tertiary/aromatic N) is 1. The number of benzene rings is 2. The standard InChI is InChI=1S/C23H17FN2O4/c1-13-9-14(2)11-17(10-13)26-22(28)19(21(27)25-23(26)29)12-18-7-8-20(30-18)15-3-5-16(24)6-4-15/h3-12H,1-2H3,(H,25,27,29)/b19-12+. The Hall–Kier alpha value is -4.00. The smallest absolute Gasteiger partial charge is 0.335 e. The summed E-state index contributed by atoms with van der Waals surface area (Å²) < 4.78 is 18.8. The number of hydrogen-bond donors (Lipinski definition) is 1. The molecule has 0 bridgehead atoms. The van der Waals surface area contributed by atoms with Crippen molar-refractivity contribution in [2.75, 3.05) is 4.90 Å². The molecule has 150 valence electrons. The number of imide groups is 2. The molecule has 6 nitrogen and oxygen atoms in total. The Morgan fingerprint density at radius 2 is 1.60 bits per heavy atom. The summed E-state index contributed by atoms with van der Waals surface area (Å²) in [7, 11) is 0. The van der Waals surface area contributed by atoms with Gasteiger partial charge < -0.3 is 4.42 Å². The van der Waals surface area contributed by atoms with Gasteiger partial charge in [0, 0.05) is 5.56 Å². The minimum absolute atomic E-state index is 0.228. The first kappa shape index (κ1) is 19.3. The fraction of sp³-hybridized carbons (Fsp3) is 0.0870. The van der Waals surface area contributed by atoms with Crippen LogP contribution in [0.1, 0.15) is 16.9 Å². The Morgan fingerprint density at radius 1 is 0.933 bits per heavy atom. The molecule has 0 unspecified atom stereocenters. The van der Waals surface area contributed by atoms with Crippen molar-refractivity contribution < 1.29 is 23.2 Å². The first-order valence-electron chi connectivity index (χ1n) is 9.17. The largest absolute Gasteiger partial charge is 0.457 e. The number of carbonyl (C=O) groups excluding carboxylic acids is 3. The van der Waals surface area contributed by atoms with E-state index in [1.807, 2.05) is 19.9 Å². The Bertz CT molecular complexity index is 1190. The second kappa shape index (κ2) is 7.44. The zero-order valence-corrected chi connectivity index (χ0v) is 16.2. The molecule has 2 aromatic carbocycles. The minimum atomic E-state index is -0.807. The number of carbonyl (C=O) groups is 3. The third-order valence-corrected chi connectivity index (χ3v) is 4.61. The van der Waals surface area contributed by atoms with E-state index in [1.54, 1.807) is 36.4 Å². The zero-order valence-electron chi connectivity index (χ0n) is 16.2. The highest BCUT2D eigenvalue weighted by Crippen LogP contribution is 2.27. The molecule has 1 N–H and O–H groups in total. The number of barbiturate groups is 1. The van der Waals surface area contributed by atoms with Crippen molar-refractivity contribution in [2.45, 2.75) is 13.8 Å². The summed E-state index contributed by atoms with van der Waals surface area (Å²) in [6.45, 7) is 3.70. The Balaban J connectivity index is 1.68. The number of nitrogens with one attached hydrogen (secondary N) is 1. The summed E-state index contributed by atoms with van der Waals surface area (Å²) in [4.78, 5) is 38.6. The van der Waals surface area contributed by atoms with Crippen LogP contribution >= 0.6 is 0 Å². The van der Waals surface area contributed by atoms with Crippen LogP contribution in [0.25, 0.3) is 17.4 Å². The van der Waals surface area contributed by atoms with Gasteiger partial charge in [0.1, 0.15) is 22.9 Å². The van der Waals surface area contributed by atoms with Gasteiger partial charge in [0.25, 0.3) is 11.8 Å². The molecule has 1 aliphatic heterocycles. The van der Waals surface area contributed by atoms with Crippen LogP contribution in [-0.4, -0.2) is 17.8 Å². The lowest BCUT2D eigenvalue weighted by Gasteiger charge is -2.26. The summed E-state index contributed by atoms with van der Waals surface area (Å²) in [5.74, 6) is -1.21. The van der Waals surface area contributed by atoms with Crippen molar-refractivity contribution in [3.05, 3.63) is 82.9 Å². The van der Waals surface area contributed by atoms with Crippen LogP contribution in [0.2, 0.25) is 0 Å². The highest BCUT2D eigenvalue weighted by Gasteiger charge is 2.37. The number of urea groups is 1. The second-order valence-corrected chi connectivity index (χ2v) is 7.01. The molecular formula is C23H17FN2O4. The summed E-state index contributed by atoms with van der Waals surface area (Å²) in [6.07, 6.45) is 1.28. The molecule has 30 heavy (non-hydrogen) atoms. The van der Waals surface area contributed by atoms with Crippen molar-refractivity contribution in [1.82, 2.24) is 5.32 Å². The van der Waals surface area contributed by atoms with Crippen molar-refractivity contribution in [2.24, 2.45) is 0 Å². The van der Waals surface area contributed by atoms with Gasteiger partial charge in [-0.2, -0.15) is 0 Å². The van der Waals surface area contributed by atoms with E-state index in [9.17, 15) is 18.8 Å². The highest BCUT2D eigenvalue weighted by molar-refractivity contribution is 6.39. The number of anilines is 1. The van der Waals surface area contributed by atoms with E-state index in [0.29, 0.717) is 17.0 Å². The van der Waals surface area contributed by atoms with E-state index in [-0.39, 0.29) is 17.2 Å². The Morgan fingerprint density at radius 3 is 2.27 bits per heavy atom. The quantitative estimate of drug-likeness (QED) is 0.519. The van der Waals surface area contributed by atoms with Gasteiger partial charge >= 0.3 is 6.03 Å². The fourth-order valence-corrected chi connectivity index (χ4v) is 3.31. The molecule has 4 amide bonds. The lowest BCUT2D eigenvalue weighted by Crippen LogP contribution is -2.54. The average Bonchev–Trinajstić information content (AvgIpc) is 3.13. The molecular weight excluding hydrogens is 387 g/mol. The van der Waals surface area contributed by atoms with E-state index in [0.717, 1.165) is 16.0 Å². The predicted molar refractivity (Wildman–Crippen MR) is 109 cm³/mol. The number of amides is 4. The second-order valence-electron chi connectivity index (χ2n) is 7.01. The van der Waals surface area contributed by atoms with E-state index < -0.39 is 17.8 Å². The van der Waals surface area contributed by atoms with Gasteiger partial charge in [-0.25, -0.2) is 14.1 Å². The predicted octanol–water partition coefficient (Wildman–Crippen LogP) is 4.37. The minimum Gasteiger partial charge on any atom is -0.457 e. The van der Waals surface area contributed by atoms with Crippen LogP contribution in [0.15, 0.2) is 64.6 Å². The third kappa shape index (κ3) is 3.65. The van der Waals surface area contributed by atoms with Crippen LogP contribution < -0.4 is 10.2 Å².